The highest BCUT2D eigenvalue weighted by molar-refractivity contribution is 9.09. The van der Waals surface area contributed by atoms with Crippen LogP contribution in [-0.2, 0) is 4.74 Å². The minimum Gasteiger partial charge on any atom is -0.365 e. The normalized spacial score (nSPS) is 29.6. The smallest absolute Gasteiger partial charge is 0.0901 e. The van der Waals surface area contributed by atoms with Crippen molar-refractivity contribution < 1.29 is 4.74 Å². The first kappa shape index (κ1) is 12.6. The van der Waals surface area contributed by atoms with Crippen molar-refractivity contribution in [2.75, 3.05) is 5.33 Å². The fourth-order valence-electron chi connectivity index (χ4n) is 1.34. The molecule has 0 amide bonds. The highest BCUT2D eigenvalue weighted by atomic mass is 79.9. The topological polar surface area (TPSA) is 9.23 Å². The Kier molecular flexibility index (Phi) is 4.98. The molecule has 0 N–H and O–H groups in total. The molecule has 0 aromatic heterocycles. The molecule has 0 aliphatic carbocycles. The van der Waals surface area contributed by atoms with Crippen molar-refractivity contribution in [1.29, 1.82) is 0 Å². The second kappa shape index (κ2) is 5.55. The van der Waals surface area contributed by atoms with Gasteiger partial charge in [0.25, 0.3) is 0 Å². The van der Waals surface area contributed by atoms with Gasteiger partial charge in [0, 0.05) is 22.3 Å². The summed E-state index contributed by atoms with van der Waals surface area (Å²) in [6.45, 7) is 3.96. The summed E-state index contributed by atoms with van der Waals surface area (Å²) < 4.78 is 5.83. The Morgan fingerprint density at radius 2 is 2.36 bits per heavy atom. The van der Waals surface area contributed by atoms with Gasteiger partial charge in [0.1, 0.15) is 0 Å². The number of alkyl halides is 1. The van der Waals surface area contributed by atoms with Crippen LogP contribution in [0.2, 0.25) is 0 Å². The highest BCUT2D eigenvalue weighted by Gasteiger charge is 2.26. The summed E-state index contributed by atoms with van der Waals surface area (Å²) in [4.78, 5) is 0. The lowest BCUT2D eigenvalue weighted by molar-refractivity contribution is 0.0323. The molecular weight excluding hydrogens is 287 g/mol. The molecule has 0 aromatic carbocycles. The van der Waals surface area contributed by atoms with Gasteiger partial charge in [-0.1, -0.05) is 39.1 Å². The summed E-state index contributed by atoms with van der Waals surface area (Å²) >= 11 is 15.2. The average Bonchev–Trinajstić information content (AvgIpc) is 2.20. The van der Waals surface area contributed by atoms with Gasteiger partial charge in [-0.15, -0.1) is 0 Å². The Hall–Kier alpha value is 0.500. The minimum atomic E-state index is 0.0197. The van der Waals surface area contributed by atoms with Gasteiger partial charge in [0.15, 0.2) is 0 Å². The summed E-state index contributed by atoms with van der Waals surface area (Å²) in [7, 11) is 0. The molecule has 0 saturated carbocycles. The van der Waals surface area contributed by atoms with Gasteiger partial charge in [0.05, 0.1) is 12.2 Å². The average molecular weight is 300 g/mol. The molecule has 0 unspecified atom stereocenters. The molecule has 2 atom stereocenters. The Morgan fingerprint density at radius 1 is 1.71 bits per heavy atom. The van der Waals surface area contributed by atoms with Crippen molar-refractivity contribution in [3.05, 3.63) is 21.7 Å². The second-order valence-electron chi connectivity index (χ2n) is 3.41. The third-order valence-corrected chi connectivity index (χ3v) is 3.81. The lowest BCUT2D eigenvalue weighted by Gasteiger charge is -2.30. The van der Waals surface area contributed by atoms with Crippen LogP contribution in [0.5, 0.6) is 0 Å². The molecule has 1 rings (SSSR count). The lowest BCUT2D eigenvalue weighted by atomic mass is 10.0. The van der Waals surface area contributed by atoms with E-state index in [-0.39, 0.29) is 12.2 Å². The van der Waals surface area contributed by atoms with Gasteiger partial charge >= 0.3 is 0 Å². The number of hydrogen-bond donors (Lipinski definition) is 0. The van der Waals surface area contributed by atoms with Gasteiger partial charge in [0.2, 0.25) is 0 Å². The first-order valence-corrected chi connectivity index (χ1v) is 6.37. The fourth-order valence-corrected chi connectivity index (χ4v) is 2.38. The maximum atomic E-state index is 6.14. The van der Waals surface area contributed by atoms with E-state index in [1.54, 1.807) is 5.54 Å². The van der Waals surface area contributed by atoms with Gasteiger partial charge < -0.3 is 4.74 Å². The van der Waals surface area contributed by atoms with Crippen LogP contribution in [0, 0.1) is 0 Å². The minimum absolute atomic E-state index is 0.0197. The quantitative estimate of drug-likeness (QED) is 0.695. The first-order chi connectivity index (χ1) is 6.60. The summed E-state index contributed by atoms with van der Waals surface area (Å²) in [5.74, 6) is 0. The van der Waals surface area contributed by atoms with Crippen molar-refractivity contribution in [1.82, 2.24) is 0 Å². The predicted molar refractivity (Wildman–Crippen MR) is 65.2 cm³/mol. The van der Waals surface area contributed by atoms with E-state index in [2.05, 4.69) is 15.9 Å². The number of rotatable bonds is 2. The van der Waals surface area contributed by atoms with E-state index in [0.29, 0.717) is 0 Å². The molecule has 0 aromatic rings. The van der Waals surface area contributed by atoms with Crippen LogP contribution < -0.4 is 0 Å². The van der Waals surface area contributed by atoms with Crippen molar-refractivity contribution >= 4 is 39.1 Å². The summed E-state index contributed by atoms with van der Waals surface area (Å²) in [5, 5.41) is 1.66. The van der Waals surface area contributed by atoms with E-state index in [9.17, 15) is 0 Å². The van der Waals surface area contributed by atoms with Crippen molar-refractivity contribution in [3.63, 3.8) is 0 Å². The summed E-state index contributed by atoms with van der Waals surface area (Å²) in [6.07, 6.45) is 0.811. The Balaban J connectivity index is 2.83. The van der Waals surface area contributed by atoms with Crippen LogP contribution in [0.25, 0.3) is 0 Å². The lowest BCUT2D eigenvalue weighted by Crippen LogP contribution is -2.30. The summed E-state index contributed by atoms with van der Waals surface area (Å²) in [5.41, 5.74) is 3.69. The van der Waals surface area contributed by atoms with E-state index in [1.165, 1.54) is 0 Å². The molecule has 14 heavy (non-hydrogen) atoms. The Labute approximate surface area is 103 Å². The van der Waals surface area contributed by atoms with Gasteiger partial charge in [-0.05, 0) is 25.0 Å². The largest absolute Gasteiger partial charge is 0.365 e. The molecular formula is C10H13BrCl2O. The molecule has 4 heteroatoms. The summed E-state index contributed by atoms with van der Waals surface area (Å²) in [6, 6.07) is 0. The SMILES string of the molecule is CC1=C(Cl)C[C@@H](/C(C)=C\Cl)O[C@@H]1CBr. The molecule has 80 valence electrons. The third-order valence-electron chi connectivity index (χ3n) is 2.42. The standard InChI is InChI=1S/C10H13BrCl2O/c1-6(5-12)9-3-8(13)7(2)10(4-11)14-9/h5,9-10H,3-4H2,1-2H3/b6-5-/t9-,10+/m0/s1. The van der Waals surface area contributed by atoms with Gasteiger partial charge in [-0.3, -0.25) is 0 Å². The molecule has 0 saturated heterocycles. The van der Waals surface area contributed by atoms with E-state index in [1.807, 2.05) is 13.8 Å². The van der Waals surface area contributed by atoms with Crippen molar-refractivity contribution in [2.24, 2.45) is 0 Å². The van der Waals surface area contributed by atoms with Crippen LogP contribution in [0.1, 0.15) is 20.3 Å². The van der Waals surface area contributed by atoms with E-state index < -0.39 is 0 Å². The zero-order valence-corrected chi connectivity index (χ0v) is 11.3. The number of ether oxygens (including phenoxy) is 1. The maximum absolute atomic E-state index is 6.14. The van der Waals surface area contributed by atoms with Crippen LogP contribution in [-0.4, -0.2) is 17.5 Å². The van der Waals surface area contributed by atoms with E-state index >= 15 is 0 Å². The van der Waals surface area contributed by atoms with Gasteiger partial charge in [-0.2, -0.15) is 0 Å². The molecule has 1 nitrogen and oxygen atoms in total. The molecule has 1 heterocycles. The van der Waals surface area contributed by atoms with Crippen molar-refractivity contribution in [2.45, 2.75) is 32.5 Å². The fraction of sp³-hybridized carbons (Fsp3) is 0.600. The van der Waals surface area contributed by atoms with Crippen molar-refractivity contribution in [3.8, 4) is 0 Å². The molecule has 0 bridgehead atoms. The van der Waals surface area contributed by atoms with Crippen LogP contribution in [0.4, 0.5) is 0 Å². The van der Waals surface area contributed by atoms with E-state index in [0.717, 1.165) is 27.9 Å². The van der Waals surface area contributed by atoms with Crippen LogP contribution in [0.15, 0.2) is 21.7 Å². The van der Waals surface area contributed by atoms with Crippen LogP contribution in [0.3, 0.4) is 0 Å². The highest BCUT2D eigenvalue weighted by Crippen LogP contribution is 2.32. The second-order valence-corrected chi connectivity index (χ2v) is 4.73. The molecule has 1 aliphatic rings. The molecule has 0 fully saturated rings. The molecule has 0 radical (unpaired) electrons. The van der Waals surface area contributed by atoms with Gasteiger partial charge in [-0.25, -0.2) is 0 Å². The number of halogens is 3. The monoisotopic (exact) mass is 298 g/mol. The predicted octanol–water partition coefficient (Wildman–Crippen LogP) is 4.19. The Morgan fingerprint density at radius 3 is 2.86 bits per heavy atom. The van der Waals surface area contributed by atoms with Crippen LogP contribution >= 0.6 is 39.1 Å². The first-order valence-electron chi connectivity index (χ1n) is 4.43. The molecule has 0 spiro atoms. The zero-order chi connectivity index (χ0) is 10.7. The maximum Gasteiger partial charge on any atom is 0.0901 e. The Bertz CT molecular complexity index is 273. The molecule has 1 aliphatic heterocycles. The zero-order valence-electron chi connectivity index (χ0n) is 8.19. The third kappa shape index (κ3) is 2.75. The van der Waals surface area contributed by atoms with E-state index in [4.69, 9.17) is 27.9 Å². The number of hydrogen-bond acceptors (Lipinski definition) is 1.